The van der Waals surface area contributed by atoms with E-state index in [0.29, 0.717) is 18.7 Å². The van der Waals surface area contributed by atoms with Crippen molar-refractivity contribution in [2.75, 3.05) is 18.1 Å². The lowest BCUT2D eigenvalue weighted by Gasteiger charge is -2.28. The quantitative estimate of drug-likeness (QED) is 0.827. The maximum atomic E-state index is 12.6. The molecule has 5 nitrogen and oxygen atoms in total. The van der Waals surface area contributed by atoms with Gasteiger partial charge in [-0.2, -0.15) is 0 Å². The van der Waals surface area contributed by atoms with E-state index in [9.17, 15) is 13.2 Å². The predicted molar refractivity (Wildman–Crippen MR) is 78.4 cm³/mol. The molecule has 0 spiro atoms. The number of hydrogen-bond acceptors (Lipinski definition) is 3. The van der Waals surface area contributed by atoms with Gasteiger partial charge in [0, 0.05) is 25.8 Å². The van der Waals surface area contributed by atoms with Gasteiger partial charge in [0.15, 0.2) is 9.84 Å². The lowest BCUT2D eigenvalue weighted by Crippen LogP contribution is -2.42. The number of sulfone groups is 1. The molecule has 1 aromatic rings. The van der Waals surface area contributed by atoms with Gasteiger partial charge in [-0.15, -0.1) is 0 Å². The van der Waals surface area contributed by atoms with Crippen LogP contribution in [0.4, 0.5) is 0 Å². The largest absolute Gasteiger partial charge is 0.347 e. The maximum Gasteiger partial charge on any atom is 0.270 e. The van der Waals surface area contributed by atoms with Gasteiger partial charge in [0.05, 0.1) is 11.5 Å². The van der Waals surface area contributed by atoms with Crippen LogP contribution < -0.4 is 0 Å². The highest BCUT2D eigenvalue weighted by molar-refractivity contribution is 7.91. The lowest BCUT2D eigenvalue weighted by molar-refractivity contribution is 0.0684. The van der Waals surface area contributed by atoms with Gasteiger partial charge < -0.3 is 9.47 Å². The molecule has 112 valence electrons. The molecule has 1 aromatic heterocycles. The second-order valence-electron chi connectivity index (χ2n) is 5.41. The number of nitrogens with zero attached hydrogens (tertiary/aromatic N) is 2. The van der Waals surface area contributed by atoms with E-state index in [-0.39, 0.29) is 23.5 Å². The van der Waals surface area contributed by atoms with Crippen LogP contribution in [0.5, 0.6) is 0 Å². The van der Waals surface area contributed by atoms with Gasteiger partial charge in [0.25, 0.3) is 5.91 Å². The van der Waals surface area contributed by atoms with Crippen LogP contribution in [0, 0.1) is 0 Å². The Labute approximate surface area is 120 Å². The Hall–Kier alpha value is -1.30. The minimum absolute atomic E-state index is 0.0620. The van der Waals surface area contributed by atoms with E-state index in [2.05, 4.69) is 6.92 Å². The van der Waals surface area contributed by atoms with E-state index in [1.54, 1.807) is 15.5 Å². The number of aryl methyl sites for hydroxylation is 1. The van der Waals surface area contributed by atoms with Crippen LogP contribution in [0.3, 0.4) is 0 Å². The molecule has 0 bridgehead atoms. The second kappa shape index (κ2) is 5.99. The molecule has 1 atom stereocenters. The van der Waals surface area contributed by atoms with Crippen molar-refractivity contribution in [1.82, 2.24) is 9.47 Å². The first kappa shape index (κ1) is 15.1. The fraction of sp³-hybridized carbons (Fsp3) is 0.643. The molecular formula is C14H22N2O3S. The Balaban J connectivity index is 2.20. The van der Waals surface area contributed by atoms with Gasteiger partial charge in [-0.05, 0) is 25.0 Å². The summed E-state index contributed by atoms with van der Waals surface area (Å²) < 4.78 is 25.1. The van der Waals surface area contributed by atoms with Crippen molar-refractivity contribution < 1.29 is 13.2 Å². The van der Waals surface area contributed by atoms with Crippen molar-refractivity contribution in [2.45, 2.75) is 32.2 Å². The molecule has 0 N–H and O–H groups in total. The summed E-state index contributed by atoms with van der Waals surface area (Å²) in [5, 5.41) is 0. The monoisotopic (exact) mass is 298 g/mol. The number of aromatic nitrogens is 1. The Morgan fingerprint density at radius 2 is 2.25 bits per heavy atom. The molecule has 6 heteroatoms. The summed E-state index contributed by atoms with van der Waals surface area (Å²) in [6, 6.07) is 3.44. The van der Waals surface area contributed by atoms with E-state index < -0.39 is 9.84 Å². The summed E-state index contributed by atoms with van der Waals surface area (Å²) >= 11 is 0. The van der Waals surface area contributed by atoms with Crippen LogP contribution >= 0.6 is 0 Å². The highest BCUT2D eigenvalue weighted by Crippen LogP contribution is 2.20. The molecule has 0 aliphatic carbocycles. The summed E-state index contributed by atoms with van der Waals surface area (Å²) in [5.74, 6) is 0.237. The van der Waals surface area contributed by atoms with Crippen LogP contribution in [0.15, 0.2) is 18.3 Å². The van der Waals surface area contributed by atoms with E-state index in [0.717, 1.165) is 12.8 Å². The molecule has 1 amide bonds. The topological polar surface area (TPSA) is 59.4 Å². The van der Waals surface area contributed by atoms with Gasteiger partial charge >= 0.3 is 0 Å². The Morgan fingerprint density at radius 1 is 1.50 bits per heavy atom. The van der Waals surface area contributed by atoms with E-state index in [1.165, 1.54) is 0 Å². The van der Waals surface area contributed by atoms with Crippen molar-refractivity contribution in [3.8, 4) is 0 Å². The first-order valence-electron chi connectivity index (χ1n) is 7.07. The molecule has 20 heavy (non-hydrogen) atoms. The molecule has 1 unspecified atom stereocenters. The highest BCUT2D eigenvalue weighted by atomic mass is 32.2. The fourth-order valence-corrected chi connectivity index (χ4v) is 4.36. The molecular weight excluding hydrogens is 276 g/mol. The van der Waals surface area contributed by atoms with Crippen LogP contribution in [-0.4, -0.2) is 47.9 Å². The zero-order valence-corrected chi connectivity index (χ0v) is 12.9. The lowest BCUT2D eigenvalue weighted by atomic mass is 10.2. The fourth-order valence-electron chi connectivity index (χ4n) is 2.63. The van der Waals surface area contributed by atoms with Crippen LogP contribution in [-0.2, 0) is 16.9 Å². The minimum atomic E-state index is -2.98. The smallest absolute Gasteiger partial charge is 0.270 e. The average Bonchev–Trinajstić information content (AvgIpc) is 2.95. The predicted octanol–water partition coefficient (Wildman–Crippen LogP) is 1.45. The third kappa shape index (κ3) is 3.23. The van der Waals surface area contributed by atoms with Crippen LogP contribution in [0.2, 0.25) is 0 Å². The number of carbonyl (C=O) groups is 1. The number of unbranched alkanes of at least 4 members (excludes halogenated alkanes) is 1. The molecule has 1 fully saturated rings. The van der Waals surface area contributed by atoms with Crippen molar-refractivity contribution in [1.29, 1.82) is 0 Å². The SMILES string of the molecule is CCCCN(C(=O)c1cccn1C)C1CCS(=O)(=O)C1. The number of hydrogen-bond donors (Lipinski definition) is 0. The highest BCUT2D eigenvalue weighted by Gasteiger charge is 2.35. The number of rotatable bonds is 5. The van der Waals surface area contributed by atoms with Crippen LogP contribution in [0.1, 0.15) is 36.7 Å². The maximum absolute atomic E-state index is 12.6. The third-order valence-electron chi connectivity index (χ3n) is 3.83. The molecule has 0 saturated carbocycles. The molecule has 0 aromatic carbocycles. The van der Waals surface area contributed by atoms with E-state index >= 15 is 0 Å². The van der Waals surface area contributed by atoms with Gasteiger partial charge in [-0.1, -0.05) is 13.3 Å². The van der Waals surface area contributed by atoms with Crippen molar-refractivity contribution in [2.24, 2.45) is 7.05 Å². The Bertz CT molecular complexity index is 577. The summed E-state index contributed by atoms with van der Waals surface area (Å²) in [6.45, 7) is 2.69. The van der Waals surface area contributed by atoms with Gasteiger partial charge in [-0.3, -0.25) is 4.79 Å². The van der Waals surface area contributed by atoms with Gasteiger partial charge in [0.2, 0.25) is 0 Å². The molecule has 0 radical (unpaired) electrons. The minimum Gasteiger partial charge on any atom is -0.347 e. The number of carbonyl (C=O) groups excluding carboxylic acids is 1. The second-order valence-corrected chi connectivity index (χ2v) is 7.64. The van der Waals surface area contributed by atoms with E-state index in [4.69, 9.17) is 0 Å². The number of amides is 1. The average molecular weight is 298 g/mol. The van der Waals surface area contributed by atoms with Gasteiger partial charge in [0.1, 0.15) is 5.69 Å². The summed E-state index contributed by atoms with van der Waals surface area (Å²) in [7, 11) is -1.15. The van der Waals surface area contributed by atoms with Crippen molar-refractivity contribution in [3.63, 3.8) is 0 Å². The summed E-state index contributed by atoms with van der Waals surface area (Å²) in [6.07, 6.45) is 4.27. The Kier molecular flexibility index (Phi) is 4.52. The molecule has 2 rings (SSSR count). The zero-order valence-electron chi connectivity index (χ0n) is 12.1. The van der Waals surface area contributed by atoms with Crippen molar-refractivity contribution in [3.05, 3.63) is 24.0 Å². The summed E-state index contributed by atoms with van der Waals surface area (Å²) in [5.41, 5.74) is 0.616. The third-order valence-corrected chi connectivity index (χ3v) is 5.58. The molecule has 1 aliphatic rings. The van der Waals surface area contributed by atoms with Gasteiger partial charge in [-0.25, -0.2) is 8.42 Å². The normalized spacial score (nSPS) is 21.0. The first-order chi connectivity index (χ1) is 9.44. The molecule has 1 saturated heterocycles. The van der Waals surface area contributed by atoms with Crippen LogP contribution in [0.25, 0.3) is 0 Å². The molecule has 2 heterocycles. The van der Waals surface area contributed by atoms with Crippen molar-refractivity contribution >= 4 is 15.7 Å². The molecule has 1 aliphatic heterocycles. The summed E-state index contributed by atoms with van der Waals surface area (Å²) in [4.78, 5) is 14.4. The zero-order chi connectivity index (χ0) is 14.8. The standard InChI is InChI=1S/C14H22N2O3S/c1-3-4-9-16(12-7-10-20(18,19)11-12)14(17)13-6-5-8-15(13)2/h5-6,8,12H,3-4,7,9-11H2,1-2H3. The Morgan fingerprint density at radius 3 is 2.75 bits per heavy atom. The van der Waals surface area contributed by atoms with E-state index in [1.807, 2.05) is 19.3 Å². The first-order valence-corrected chi connectivity index (χ1v) is 8.89.